The van der Waals surface area contributed by atoms with Crippen molar-refractivity contribution < 1.29 is 4.79 Å². The SMILES string of the molecule is CN=C(NCc1ccccc1CN1CCCC1=O)NC1CCCC1. The van der Waals surface area contributed by atoms with Gasteiger partial charge in [0, 0.05) is 39.1 Å². The van der Waals surface area contributed by atoms with Crippen molar-refractivity contribution in [3.8, 4) is 0 Å². The van der Waals surface area contributed by atoms with Gasteiger partial charge in [0.15, 0.2) is 5.96 Å². The van der Waals surface area contributed by atoms with Crippen molar-refractivity contribution in [2.45, 2.75) is 57.7 Å². The average molecular weight is 328 g/mol. The van der Waals surface area contributed by atoms with E-state index in [1.54, 1.807) is 0 Å². The first-order chi connectivity index (χ1) is 11.8. The number of amides is 1. The molecule has 24 heavy (non-hydrogen) atoms. The predicted octanol–water partition coefficient (Wildman–Crippen LogP) is 2.42. The van der Waals surface area contributed by atoms with Gasteiger partial charge in [0.1, 0.15) is 0 Å². The summed E-state index contributed by atoms with van der Waals surface area (Å²) in [4.78, 5) is 18.2. The molecule has 1 amide bonds. The van der Waals surface area contributed by atoms with Crippen LogP contribution in [0.5, 0.6) is 0 Å². The summed E-state index contributed by atoms with van der Waals surface area (Å²) in [5, 5.41) is 6.93. The molecule has 1 saturated carbocycles. The number of benzene rings is 1. The highest BCUT2D eigenvalue weighted by Crippen LogP contribution is 2.18. The van der Waals surface area contributed by atoms with Crippen molar-refractivity contribution in [2.75, 3.05) is 13.6 Å². The molecule has 2 aliphatic rings. The Labute approximate surface area is 144 Å². The standard InChI is InChI=1S/C19H28N4O/c1-20-19(22-17-9-4-5-10-17)21-13-15-7-2-3-8-16(15)14-23-12-6-11-18(23)24/h2-3,7-8,17H,4-6,9-14H2,1H3,(H2,20,21,22). The minimum Gasteiger partial charge on any atom is -0.354 e. The Morgan fingerprint density at radius 1 is 1.21 bits per heavy atom. The number of aliphatic imine (C=N–C) groups is 1. The molecule has 1 aliphatic heterocycles. The van der Waals surface area contributed by atoms with E-state index in [9.17, 15) is 4.79 Å². The lowest BCUT2D eigenvalue weighted by atomic mass is 10.1. The van der Waals surface area contributed by atoms with Crippen molar-refractivity contribution in [3.63, 3.8) is 0 Å². The van der Waals surface area contributed by atoms with Gasteiger partial charge in [-0.2, -0.15) is 0 Å². The number of hydrogen-bond acceptors (Lipinski definition) is 2. The third kappa shape index (κ3) is 4.28. The molecule has 1 aliphatic carbocycles. The van der Waals surface area contributed by atoms with Crippen LogP contribution in [0.25, 0.3) is 0 Å². The summed E-state index contributed by atoms with van der Waals surface area (Å²) in [6, 6.07) is 8.90. The fourth-order valence-corrected chi connectivity index (χ4v) is 3.60. The summed E-state index contributed by atoms with van der Waals surface area (Å²) in [5.74, 6) is 1.14. The van der Waals surface area contributed by atoms with E-state index in [2.05, 4.69) is 33.8 Å². The van der Waals surface area contributed by atoms with Crippen LogP contribution in [0.2, 0.25) is 0 Å². The Morgan fingerprint density at radius 2 is 1.96 bits per heavy atom. The number of rotatable bonds is 5. The summed E-state index contributed by atoms with van der Waals surface area (Å²) < 4.78 is 0. The first-order valence-corrected chi connectivity index (χ1v) is 9.08. The molecule has 130 valence electrons. The summed E-state index contributed by atoms with van der Waals surface area (Å²) in [6.07, 6.45) is 6.75. The number of nitrogens with zero attached hydrogens (tertiary/aromatic N) is 2. The molecule has 1 aromatic rings. The summed E-state index contributed by atoms with van der Waals surface area (Å²) in [6.45, 7) is 2.32. The van der Waals surface area contributed by atoms with Gasteiger partial charge in [0.05, 0.1) is 0 Å². The third-order valence-electron chi connectivity index (χ3n) is 5.02. The zero-order valence-corrected chi connectivity index (χ0v) is 14.6. The van der Waals surface area contributed by atoms with Crippen molar-refractivity contribution in [2.24, 2.45) is 4.99 Å². The molecule has 5 heteroatoms. The second kappa shape index (κ2) is 8.18. The number of likely N-dealkylation sites (tertiary alicyclic amines) is 1. The Kier molecular flexibility index (Phi) is 5.72. The molecule has 1 aromatic carbocycles. The normalized spacial score (nSPS) is 19.1. The zero-order chi connectivity index (χ0) is 16.8. The molecule has 0 unspecified atom stereocenters. The van der Waals surface area contributed by atoms with Crippen LogP contribution in [0.15, 0.2) is 29.3 Å². The zero-order valence-electron chi connectivity index (χ0n) is 14.6. The van der Waals surface area contributed by atoms with E-state index in [0.717, 1.165) is 25.5 Å². The highest BCUT2D eigenvalue weighted by molar-refractivity contribution is 5.80. The maximum atomic E-state index is 11.9. The molecule has 2 N–H and O–H groups in total. The molecule has 0 bridgehead atoms. The lowest BCUT2D eigenvalue weighted by Gasteiger charge is -2.20. The lowest BCUT2D eigenvalue weighted by Crippen LogP contribution is -2.42. The molecule has 0 radical (unpaired) electrons. The summed E-state index contributed by atoms with van der Waals surface area (Å²) >= 11 is 0. The van der Waals surface area contributed by atoms with E-state index in [1.165, 1.54) is 36.8 Å². The second-order valence-electron chi connectivity index (χ2n) is 6.74. The number of hydrogen-bond donors (Lipinski definition) is 2. The molecule has 1 heterocycles. The van der Waals surface area contributed by atoms with Crippen molar-refractivity contribution in [1.29, 1.82) is 0 Å². The summed E-state index contributed by atoms with van der Waals surface area (Å²) in [5.41, 5.74) is 2.45. The monoisotopic (exact) mass is 328 g/mol. The first-order valence-electron chi connectivity index (χ1n) is 9.08. The molecule has 0 spiro atoms. The van der Waals surface area contributed by atoms with E-state index < -0.39 is 0 Å². The maximum Gasteiger partial charge on any atom is 0.222 e. The predicted molar refractivity (Wildman–Crippen MR) is 96.7 cm³/mol. The van der Waals surface area contributed by atoms with Gasteiger partial charge in [-0.1, -0.05) is 37.1 Å². The van der Waals surface area contributed by atoms with E-state index in [1.807, 2.05) is 18.0 Å². The average Bonchev–Trinajstić information content (AvgIpc) is 3.25. The fourth-order valence-electron chi connectivity index (χ4n) is 3.60. The van der Waals surface area contributed by atoms with E-state index in [4.69, 9.17) is 0 Å². The fraction of sp³-hybridized carbons (Fsp3) is 0.579. The van der Waals surface area contributed by atoms with Gasteiger partial charge in [0.25, 0.3) is 0 Å². The maximum absolute atomic E-state index is 11.9. The minimum atomic E-state index is 0.275. The minimum absolute atomic E-state index is 0.275. The number of carbonyl (C=O) groups is 1. The molecular formula is C19H28N4O. The van der Waals surface area contributed by atoms with Gasteiger partial charge in [-0.3, -0.25) is 9.79 Å². The van der Waals surface area contributed by atoms with Crippen LogP contribution in [0.3, 0.4) is 0 Å². The Balaban J connectivity index is 1.58. The molecule has 5 nitrogen and oxygen atoms in total. The van der Waals surface area contributed by atoms with Crippen LogP contribution in [0.1, 0.15) is 49.7 Å². The quantitative estimate of drug-likeness (QED) is 0.645. The number of nitrogens with one attached hydrogen (secondary N) is 2. The highest BCUT2D eigenvalue weighted by atomic mass is 16.2. The third-order valence-corrected chi connectivity index (χ3v) is 5.02. The van der Waals surface area contributed by atoms with E-state index >= 15 is 0 Å². The topological polar surface area (TPSA) is 56.7 Å². The Hall–Kier alpha value is -2.04. The van der Waals surface area contributed by atoms with Crippen LogP contribution in [-0.4, -0.2) is 36.4 Å². The van der Waals surface area contributed by atoms with Gasteiger partial charge in [-0.25, -0.2) is 0 Å². The van der Waals surface area contributed by atoms with E-state index in [-0.39, 0.29) is 5.91 Å². The molecule has 0 atom stereocenters. The highest BCUT2D eigenvalue weighted by Gasteiger charge is 2.21. The van der Waals surface area contributed by atoms with Crippen molar-refractivity contribution in [3.05, 3.63) is 35.4 Å². The van der Waals surface area contributed by atoms with Crippen LogP contribution in [0.4, 0.5) is 0 Å². The van der Waals surface area contributed by atoms with Crippen LogP contribution in [0, 0.1) is 0 Å². The smallest absolute Gasteiger partial charge is 0.222 e. The van der Waals surface area contributed by atoms with Gasteiger partial charge in [0.2, 0.25) is 5.91 Å². The molecule has 3 rings (SSSR count). The number of guanidine groups is 1. The second-order valence-corrected chi connectivity index (χ2v) is 6.74. The van der Waals surface area contributed by atoms with Crippen molar-refractivity contribution >= 4 is 11.9 Å². The van der Waals surface area contributed by atoms with Crippen LogP contribution < -0.4 is 10.6 Å². The number of carbonyl (C=O) groups excluding carboxylic acids is 1. The Bertz CT molecular complexity index is 593. The van der Waals surface area contributed by atoms with Gasteiger partial charge < -0.3 is 15.5 Å². The van der Waals surface area contributed by atoms with Gasteiger partial charge >= 0.3 is 0 Å². The Morgan fingerprint density at radius 3 is 2.62 bits per heavy atom. The molecule has 1 saturated heterocycles. The molecule has 0 aromatic heterocycles. The van der Waals surface area contributed by atoms with Crippen LogP contribution in [-0.2, 0) is 17.9 Å². The van der Waals surface area contributed by atoms with Gasteiger partial charge in [-0.15, -0.1) is 0 Å². The molecular weight excluding hydrogens is 300 g/mol. The van der Waals surface area contributed by atoms with Gasteiger partial charge in [-0.05, 0) is 30.4 Å². The molecule has 2 fully saturated rings. The van der Waals surface area contributed by atoms with Crippen LogP contribution >= 0.6 is 0 Å². The largest absolute Gasteiger partial charge is 0.354 e. The first kappa shape index (κ1) is 16.8. The summed E-state index contributed by atoms with van der Waals surface area (Å²) in [7, 11) is 1.82. The van der Waals surface area contributed by atoms with Crippen molar-refractivity contribution in [1.82, 2.24) is 15.5 Å². The van der Waals surface area contributed by atoms with E-state index in [0.29, 0.717) is 19.0 Å². The lowest BCUT2D eigenvalue weighted by molar-refractivity contribution is -0.128.